The van der Waals surface area contributed by atoms with Crippen LogP contribution in [0.5, 0.6) is 0 Å². The third-order valence-corrected chi connectivity index (χ3v) is 6.40. The first-order valence-corrected chi connectivity index (χ1v) is 13.4. The first kappa shape index (κ1) is 30.5. The molecule has 0 spiro atoms. The first-order chi connectivity index (χ1) is 19.0. The number of piperazine rings is 1. The Balaban J connectivity index is 1.81. The van der Waals surface area contributed by atoms with Gasteiger partial charge in [-0.3, -0.25) is 14.4 Å². The lowest BCUT2D eigenvalue weighted by Gasteiger charge is -2.35. The predicted molar refractivity (Wildman–Crippen MR) is 145 cm³/mol. The number of aliphatic carboxylic acids is 1. The SMILES string of the molecule is CCOC(=O)N1CCN(C(=O)C(CCC(=O)O)NC(=O)c2cc(CCC(C)(C)O)nc(-c3ccccc3)n2)CC1. The van der Waals surface area contributed by atoms with Crippen LogP contribution < -0.4 is 5.32 Å². The molecule has 1 aromatic carbocycles. The highest BCUT2D eigenvalue weighted by Crippen LogP contribution is 2.19. The molecule has 3 N–H and O–H groups in total. The molecule has 0 aliphatic carbocycles. The van der Waals surface area contributed by atoms with Gasteiger partial charge in [-0.15, -0.1) is 0 Å². The van der Waals surface area contributed by atoms with E-state index in [-0.39, 0.29) is 51.3 Å². The number of carbonyl (C=O) groups is 4. The second kappa shape index (κ2) is 13.8. The minimum atomic E-state index is -1.10. The van der Waals surface area contributed by atoms with Crippen molar-refractivity contribution in [3.63, 3.8) is 0 Å². The summed E-state index contributed by atoms with van der Waals surface area (Å²) in [7, 11) is 0. The molecular formula is C28H37N5O7. The lowest BCUT2D eigenvalue weighted by Crippen LogP contribution is -2.56. The summed E-state index contributed by atoms with van der Waals surface area (Å²) in [4.78, 5) is 62.1. The number of ether oxygens (including phenoxy) is 1. The van der Waals surface area contributed by atoms with Gasteiger partial charge in [-0.25, -0.2) is 14.8 Å². The van der Waals surface area contributed by atoms with Gasteiger partial charge in [-0.2, -0.15) is 0 Å². The standard InChI is InChI=1S/C28H37N5O7/c1-4-40-27(38)33-16-14-32(15-17-33)26(37)21(10-11-23(34)35)31-25(36)22-18-20(12-13-28(2,3)39)29-24(30-22)19-8-6-5-7-9-19/h5-9,18,21,39H,4,10-17H2,1-3H3,(H,31,36)(H,34,35). The quantitative estimate of drug-likeness (QED) is 0.377. The van der Waals surface area contributed by atoms with Gasteiger partial charge in [0.15, 0.2) is 5.82 Å². The first-order valence-electron chi connectivity index (χ1n) is 13.4. The molecule has 1 aromatic heterocycles. The van der Waals surface area contributed by atoms with Gasteiger partial charge >= 0.3 is 12.1 Å². The van der Waals surface area contributed by atoms with Gasteiger partial charge in [0, 0.05) is 43.9 Å². The van der Waals surface area contributed by atoms with Gasteiger partial charge in [0.2, 0.25) is 5.91 Å². The highest BCUT2D eigenvalue weighted by molar-refractivity contribution is 5.96. The molecular weight excluding hydrogens is 518 g/mol. The Labute approximate surface area is 233 Å². The third kappa shape index (κ3) is 9.01. The Morgan fingerprint density at radius 1 is 1.05 bits per heavy atom. The van der Waals surface area contributed by atoms with Crippen LogP contribution in [-0.4, -0.2) is 98.3 Å². The van der Waals surface area contributed by atoms with Crippen LogP contribution in [0.15, 0.2) is 36.4 Å². The van der Waals surface area contributed by atoms with Gasteiger partial charge in [0.1, 0.15) is 11.7 Å². The van der Waals surface area contributed by atoms with Crippen molar-refractivity contribution in [2.75, 3.05) is 32.8 Å². The number of amides is 3. The van der Waals surface area contributed by atoms with E-state index in [1.807, 2.05) is 30.3 Å². The van der Waals surface area contributed by atoms with Crippen LogP contribution in [-0.2, 0) is 20.7 Å². The largest absolute Gasteiger partial charge is 0.481 e. The zero-order valence-corrected chi connectivity index (χ0v) is 23.1. The monoisotopic (exact) mass is 555 g/mol. The number of aryl methyl sites for hydroxylation is 1. The number of carboxylic acid groups (broad SMARTS) is 1. The third-order valence-electron chi connectivity index (χ3n) is 6.40. The summed E-state index contributed by atoms with van der Waals surface area (Å²) < 4.78 is 5.01. The molecule has 12 heteroatoms. The fourth-order valence-corrected chi connectivity index (χ4v) is 4.19. The van der Waals surface area contributed by atoms with Gasteiger partial charge in [-0.1, -0.05) is 30.3 Å². The number of aliphatic hydroxyl groups is 1. The number of rotatable bonds is 11. The second-order valence-corrected chi connectivity index (χ2v) is 10.2. The normalized spacial score (nSPS) is 14.4. The molecule has 216 valence electrons. The van der Waals surface area contributed by atoms with Crippen LogP contribution in [0.25, 0.3) is 11.4 Å². The van der Waals surface area contributed by atoms with Crippen molar-refractivity contribution < 1.29 is 34.1 Å². The molecule has 2 aromatic rings. The topological polar surface area (TPSA) is 162 Å². The second-order valence-electron chi connectivity index (χ2n) is 10.2. The van der Waals surface area contributed by atoms with E-state index in [0.717, 1.165) is 0 Å². The van der Waals surface area contributed by atoms with Crippen molar-refractivity contribution in [1.82, 2.24) is 25.1 Å². The highest BCUT2D eigenvalue weighted by atomic mass is 16.6. The molecule has 0 radical (unpaired) electrons. The number of hydrogen-bond donors (Lipinski definition) is 3. The molecule has 40 heavy (non-hydrogen) atoms. The number of nitrogens with one attached hydrogen (secondary N) is 1. The van der Waals surface area contributed by atoms with E-state index in [9.17, 15) is 29.4 Å². The number of aromatic nitrogens is 2. The molecule has 0 bridgehead atoms. The summed E-state index contributed by atoms with van der Waals surface area (Å²) in [6.45, 7) is 6.31. The number of hydrogen-bond acceptors (Lipinski definition) is 8. The molecule has 1 aliphatic rings. The molecule has 1 unspecified atom stereocenters. The van der Waals surface area contributed by atoms with Crippen LogP contribution in [0.3, 0.4) is 0 Å². The number of carbonyl (C=O) groups excluding carboxylic acids is 3. The van der Waals surface area contributed by atoms with Crippen molar-refractivity contribution in [3.05, 3.63) is 47.8 Å². The van der Waals surface area contributed by atoms with Crippen molar-refractivity contribution in [1.29, 1.82) is 0 Å². The molecule has 0 saturated carbocycles. The van der Waals surface area contributed by atoms with Gasteiger partial charge in [-0.05, 0) is 46.1 Å². The van der Waals surface area contributed by atoms with Crippen LogP contribution in [0.4, 0.5) is 4.79 Å². The molecule has 3 rings (SSSR count). The van der Waals surface area contributed by atoms with E-state index >= 15 is 0 Å². The molecule has 1 atom stereocenters. The van der Waals surface area contributed by atoms with Crippen molar-refractivity contribution in [2.45, 2.75) is 58.1 Å². The zero-order chi connectivity index (χ0) is 29.3. The summed E-state index contributed by atoms with van der Waals surface area (Å²) in [5.74, 6) is -1.85. The summed E-state index contributed by atoms with van der Waals surface area (Å²) >= 11 is 0. The Bertz CT molecular complexity index is 1190. The van der Waals surface area contributed by atoms with E-state index in [1.54, 1.807) is 20.8 Å². The molecule has 2 heterocycles. The number of nitrogens with zero attached hydrogens (tertiary/aromatic N) is 4. The van der Waals surface area contributed by atoms with Crippen LogP contribution in [0.2, 0.25) is 0 Å². The number of benzene rings is 1. The minimum absolute atomic E-state index is 0.0276. The van der Waals surface area contributed by atoms with Gasteiger partial charge < -0.3 is 30.1 Å². The highest BCUT2D eigenvalue weighted by Gasteiger charge is 2.31. The predicted octanol–water partition coefficient (Wildman–Crippen LogP) is 2.11. The van der Waals surface area contributed by atoms with Crippen LogP contribution in [0, 0.1) is 0 Å². The Hall–Kier alpha value is -4.06. The van der Waals surface area contributed by atoms with Gasteiger partial charge in [0.25, 0.3) is 5.91 Å². The average molecular weight is 556 g/mol. The average Bonchev–Trinajstić information content (AvgIpc) is 2.93. The maximum atomic E-state index is 13.4. The Morgan fingerprint density at radius 3 is 2.30 bits per heavy atom. The summed E-state index contributed by atoms with van der Waals surface area (Å²) in [5.41, 5.74) is 0.329. The smallest absolute Gasteiger partial charge is 0.409 e. The van der Waals surface area contributed by atoms with Crippen molar-refractivity contribution in [3.8, 4) is 11.4 Å². The zero-order valence-electron chi connectivity index (χ0n) is 23.1. The van der Waals surface area contributed by atoms with E-state index in [1.165, 1.54) is 15.9 Å². The van der Waals surface area contributed by atoms with E-state index in [0.29, 0.717) is 29.9 Å². The van der Waals surface area contributed by atoms with Gasteiger partial charge in [0.05, 0.1) is 12.2 Å². The molecule has 3 amide bonds. The lowest BCUT2D eigenvalue weighted by molar-refractivity contribution is -0.138. The molecule has 12 nitrogen and oxygen atoms in total. The Morgan fingerprint density at radius 2 is 1.70 bits per heavy atom. The van der Waals surface area contributed by atoms with E-state index in [4.69, 9.17) is 4.74 Å². The van der Waals surface area contributed by atoms with Crippen molar-refractivity contribution >= 4 is 23.9 Å². The van der Waals surface area contributed by atoms with E-state index in [2.05, 4.69) is 15.3 Å². The van der Waals surface area contributed by atoms with E-state index < -0.39 is 35.5 Å². The number of carboxylic acids is 1. The van der Waals surface area contributed by atoms with Crippen LogP contribution in [0.1, 0.15) is 56.2 Å². The summed E-state index contributed by atoms with van der Waals surface area (Å²) in [6, 6.07) is 9.53. The van der Waals surface area contributed by atoms with Crippen LogP contribution >= 0.6 is 0 Å². The minimum Gasteiger partial charge on any atom is -0.481 e. The molecule has 1 fully saturated rings. The molecule has 1 saturated heterocycles. The Kier molecular flexibility index (Phi) is 10.5. The maximum Gasteiger partial charge on any atom is 0.409 e. The van der Waals surface area contributed by atoms with Crippen molar-refractivity contribution in [2.24, 2.45) is 0 Å². The maximum absolute atomic E-state index is 13.4. The molecule has 1 aliphatic heterocycles. The fourth-order valence-electron chi connectivity index (χ4n) is 4.19. The summed E-state index contributed by atoms with van der Waals surface area (Å²) in [5, 5.41) is 22.1. The summed E-state index contributed by atoms with van der Waals surface area (Å²) in [6.07, 6.45) is -0.103. The fraction of sp³-hybridized carbons (Fsp3) is 0.500. The lowest BCUT2D eigenvalue weighted by atomic mass is 10.0.